The number of ether oxygens (including phenoxy) is 1. The molecular weight excluding hydrogens is 230 g/mol. The van der Waals surface area contributed by atoms with Crippen LogP contribution in [0.2, 0.25) is 0 Å². The van der Waals surface area contributed by atoms with Crippen LogP contribution < -0.4 is 4.90 Å². The molecule has 4 heteroatoms. The van der Waals surface area contributed by atoms with Gasteiger partial charge in [-0.25, -0.2) is 0 Å². The van der Waals surface area contributed by atoms with Crippen LogP contribution in [-0.4, -0.2) is 31.4 Å². The van der Waals surface area contributed by atoms with Crippen LogP contribution in [0.4, 0.5) is 5.69 Å². The summed E-state index contributed by atoms with van der Waals surface area (Å²) in [7, 11) is 0. The molecule has 1 aromatic carbocycles. The molecule has 0 aromatic heterocycles. The SMILES string of the molecule is CCOC(=O)[C@@H]1CN(c2ccc(C)cc2)CC1=O. The lowest BCUT2D eigenvalue weighted by Gasteiger charge is -2.17. The number of hydrogen-bond acceptors (Lipinski definition) is 4. The number of anilines is 1. The molecular formula is C14H17NO3. The van der Waals surface area contributed by atoms with Gasteiger partial charge in [-0.15, -0.1) is 0 Å². The lowest BCUT2D eigenvalue weighted by molar-refractivity contribution is -0.149. The molecule has 1 fully saturated rings. The highest BCUT2D eigenvalue weighted by molar-refractivity contribution is 6.04. The standard InChI is InChI=1S/C14H17NO3/c1-3-18-14(17)12-8-15(9-13(12)16)11-6-4-10(2)5-7-11/h4-7,12H,3,8-9H2,1-2H3/t12-/m1/s1. The third-order valence-corrected chi connectivity index (χ3v) is 3.11. The number of ketones is 1. The summed E-state index contributed by atoms with van der Waals surface area (Å²) in [5.74, 6) is -1.10. The van der Waals surface area contributed by atoms with E-state index in [0.29, 0.717) is 13.2 Å². The van der Waals surface area contributed by atoms with Crippen molar-refractivity contribution in [2.45, 2.75) is 13.8 Å². The number of benzene rings is 1. The molecule has 0 unspecified atom stereocenters. The first-order chi connectivity index (χ1) is 8.61. The second kappa shape index (κ2) is 5.21. The molecule has 4 nitrogen and oxygen atoms in total. The molecule has 1 aliphatic heterocycles. The van der Waals surface area contributed by atoms with Crippen LogP contribution in [0.5, 0.6) is 0 Å². The number of esters is 1. The number of carbonyl (C=O) groups excluding carboxylic acids is 2. The van der Waals surface area contributed by atoms with Gasteiger partial charge in [-0.1, -0.05) is 17.7 Å². The van der Waals surface area contributed by atoms with Gasteiger partial charge in [-0.2, -0.15) is 0 Å². The van der Waals surface area contributed by atoms with Gasteiger partial charge in [-0.05, 0) is 26.0 Å². The normalized spacial score (nSPS) is 19.1. The summed E-state index contributed by atoms with van der Waals surface area (Å²) in [4.78, 5) is 25.3. The molecule has 0 saturated carbocycles. The molecule has 0 spiro atoms. The number of carbonyl (C=O) groups is 2. The quantitative estimate of drug-likeness (QED) is 0.601. The van der Waals surface area contributed by atoms with Crippen molar-refractivity contribution in [3.63, 3.8) is 0 Å². The smallest absolute Gasteiger partial charge is 0.318 e. The predicted octanol–water partition coefficient (Wildman–Crippen LogP) is 1.56. The maximum absolute atomic E-state index is 11.8. The Bertz CT molecular complexity index is 453. The van der Waals surface area contributed by atoms with Gasteiger partial charge < -0.3 is 9.64 Å². The van der Waals surface area contributed by atoms with Crippen LogP contribution >= 0.6 is 0 Å². The number of aryl methyl sites for hydroxylation is 1. The van der Waals surface area contributed by atoms with Crippen LogP contribution in [-0.2, 0) is 14.3 Å². The topological polar surface area (TPSA) is 46.6 Å². The molecule has 0 radical (unpaired) electrons. The predicted molar refractivity (Wildman–Crippen MR) is 68.5 cm³/mol. The van der Waals surface area contributed by atoms with E-state index in [2.05, 4.69) is 0 Å². The van der Waals surface area contributed by atoms with Crippen LogP contribution in [0, 0.1) is 12.8 Å². The van der Waals surface area contributed by atoms with E-state index in [1.54, 1.807) is 6.92 Å². The largest absolute Gasteiger partial charge is 0.465 e. The van der Waals surface area contributed by atoms with Crippen molar-refractivity contribution in [1.29, 1.82) is 0 Å². The molecule has 0 bridgehead atoms. The Morgan fingerprint density at radius 2 is 2.06 bits per heavy atom. The molecule has 0 N–H and O–H groups in total. The van der Waals surface area contributed by atoms with Gasteiger partial charge in [0.05, 0.1) is 13.2 Å². The molecule has 18 heavy (non-hydrogen) atoms. The average Bonchev–Trinajstić information content (AvgIpc) is 2.72. The molecule has 1 heterocycles. The lowest BCUT2D eigenvalue weighted by Crippen LogP contribution is -2.25. The van der Waals surface area contributed by atoms with Crippen molar-refractivity contribution in [2.75, 3.05) is 24.6 Å². The zero-order chi connectivity index (χ0) is 13.1. The minimum atomic E-state index is -0.633. The molecule has 1 atom stereocenters. The van der Waals surface area contributed by atoms with E-state index in [1.807, 2.05) is 36.1 Å². The Hall–Kier alpha value is -1.84. The van der Waals surface area contributed by atoms with E-state index in [9.17, 15) is 9.59 Å². The first-order valence-corrected chi connectivity index (χ1v) is 6.12. The van der Waals surface area contributed by atoms with E-state index in [0.717, 1.165) is 5.69 Å². The summed E-state index contributed by atoms with van der Waals surface area (Å²) in [5, 5.41) is 0. The molecule has 1 saturated heterocycles. The number of hydrogen-bond donors (Lipinski definition) is 0. The van der Waals surface area contributed by atoms with E-state index >= 15 is 0 Å². The highest BCUT2D eigenvalue weighted by Gasteiger charge is 2.37. The third kappa shape index (κ3) is 2.53. The summed E-state index contributed by atoms with van der Waals surface area (Å²) in [6, 6.07) is 7.93. The fourth-order valence-electron chi connectivity index (χ4n) is 2.09. The summed E-state index contributed by atoms with van der Waals surface area (Å²) in [6.45, 7) is 4.77. The van der Waals surface area contributed by atoms with Crippen molar-refractivity contribution in [3.05, 3.63) is 29.8 Å². The summed E-state index contributed by atoms with van der Waals surface area (Å²) in [6.07, 6.45) is 0. The van der Waals surface area contributed by atoms with Crippen molar-refractivity contribution < 1.29 is 14.3 Å². The fraction of sp³-hybridized carbons (Fsp3) is 0.429. The summed E-state index contributed by atoms with van der Waals surface area (Å²) >= 11 is 0. The van der Waals surface area contributed by atoms with E-state index in [-0.39, 0.29) is 12.3 Å². The van der Waals surface area contributed by atoms with Crippen molar-refractivity contribution in [1.82, 2.24) is 0 Å². The number of nitrogens with zero attached hydrogens (tertiary/aromatic N) is 1. The first kappa shape index (κ1) is 12.6. The Morgan fingerprint density at radius 1 is 1.39 bits per heavy atom. The number of Topliss-reactive ketones (excluding diaryl/α,β-unsaturated/α-hetero) is 1. The zero-order valence-electron chi connectivity index (χ0n) is 10.7. The molecule has 0 amide bonds. The summed E-state index contributed by atoms with van der Waals surface area (Å²) < 4.78 is 4.91. The van der Waals surface area contributed by atoms with Crippen molar-refractivity contribution in [2.24, 2.45) is 5.92 Å². The maximum Gasteiger partial charge on any atom is 0.318 e. The molecule has 96 valence electrons. The fourth-order valence-corrected chi connectivity index (χ4v) is 2.09. The Kier molecular flexibility index (Phi) is 3.65. The zero-order valence-corrected chi connectivity index (χ0v) is 10.7. The average molecular weight is 247 g/mol. The van der Waals surface area contributed by atoms with Gasteiger partial charge in [-0.3, -0.25) is 9.59 Å². The minimum absolute atomic E-state index is 0.0611. The molecule has 1 aliphatic rings. The van der Waals surface area contributed by atoms with E-state index in [4.69, 9.17) is 4.74 Å². The third-order valence-electron chi connectivity index (χ3n) is 3.11. The van der Waals surface area contributed by atoms with Gasteiger partial charge >= 0.3 is 5.97 Å². The van der Waals surface area contributed by atoms with Crippen LogP contribution in [0.3, 0.4) is 0 Å². The van der Waals surface area contributed by atoms with Gasteiger partial charge in [0.1, 0.15) is 5.92 Å². The monoisotopic (exact) mass is 247 g/mol. The highest BCUT2D eigenvalue weighted by Crippen LogP contribution is 2.22. The van der Waals surface area contributed by atoms with Crippen LogP contribution in [0.1, 0.15) is 12.5 Å². The Labute approximate surface area is 107 Å². The Balaban J connectivity index is 2.08. The van der Waals surface area contributed by atoms with Gasteiger partial charge in [0.2, 0.25) is 0 Å². The van der Waals surface area contributed by atoms with Crippen molar-refractivity contribution in [3.8, 4) is 0 Å². The minimum Gasteiger partial charge on any atom is -0.465 e. The van der Waals surface area contributed by atoms with Gasteiger partial charge in [0.25, 0.3) is 0 Å². The second-order valence-electron chi connectivity index (χ2n) is 4.49. The summed E-state index contributed by atoms with van der Waals surface area (Å²) in [5.41, 5.74) is 2.15. The van der Waals surface area contributed by atoms with Gasteiger partial charge in [0, 0.05) is 12.2 Å². The second-order valence-corrected chi connectivity index (χ2v) is 4.49. The first-order valence-electron chi connectivity index (χ1n) is 6.12. The van der Waals surface area contributed by atoms with Crippen LogP contribution in [0.25, 0.3) is 0 Å². The molecule has 0 aliphatic carbocycles. The van der Waals surface area contributed by atoms with Crippen molar-refractivity contribution >= 4 is 17.4 Å². The van der Waals surface area contributed by atoms with E-state index in [1.165, 1.54) is 5.56 Å². The molecule has 1 aromatic rings. The van der Waals surface area contributed by atoms with E-state index < -0.39 is 11.9 Å². The number of rotatable bonds is 3. The highest BCUT2D eigenvalue weighted by atomic mass is 16.5. The van der Waals surface area contributed by atoms with Crippen LogP contribution in [0.15, 0.2) is 24.3 Å². The Morgan fingerprint density at radius 3 is 2.67 bits per heavy atom. The molecule has 2 rings (SSSR count). The maximum atomic E-state index is 11.8. The lowest BCUT2D eigenvalue weighted by atomic mass is 10.1. The van der Waals surface area contributed by atoms with Gasteiger partial charge in [0.15, 0.2) is 5.78 Å².